The predicted octanol–water partition coefficient (Wildman–Crippen LogP) is 5.19. The molecule has 2 aromatic heterocycles. The SMILES string of the molecule is Cc1ccc2nc(-c3ccccc3)c(NC(=O)Cc3c(F)c(F)c(F)c(F)c3F)n2c1. The van der Waals surface area contributed by atoms with Crippen LogP contribution in [-0.4, -0.2) is 15.3 Å². The lowest BCUT2D eigenvalue weighted by molar-refractivity contribution is -0.115. The third-order valence-corrected chi connectivity index (χ3v) is 4.71. The Labute approximate surface area is 173 Å². The first-order valence-corrected chi connectivity index (χ1v) is 9.12. The molecule has 2 aromatic carbocycles. The number of anilines is 1. The molecule has 158 valence electrons. The first-order chi connectivity index (χ1) is 14.8. The van der Waals surface area contributed by atoms with E-state index in [-0.39, 0.29) is 5.82 Å². The Bertz CT molecular complexity index is 1290. The lowest BCUT2D eigenvalue weighted by Gasteiger charge is -2.10. The fourth-order valence-corrected chi connectivity index (χ4v) is 3.21. The van der Waals surface area contributed by atoms with Crippen LogP contribution in [0.15, 0.2) is 48.7 Å². The number of amides is 1. The number of nitrogens with zero attached hydrogens (tertiary/aromatic N) is 2. The zero-order valence-corrected chi connectivity index (χ0v) is 16.0. The average molecular weight is 431 g/mol. The van der Waals surface area contributed by atoms with Crippen molar-refractivity contribution >= 4 is 17.4 Å². The Morgan fingerprint density at radius 2 is 1.52 bits per heavy atom. The highest BCUT2D eigenvalue weighted by molar-refractivity contribution is 5.95. The molecule has 4 nitrogen and oxygen atoms in total. The van der Waals surface area contributed by atoms with Crippen molar-refractivity contribution in [2.75, 3.05) is 5.32 Å². The summed E-state index contributed by atoms with van der Waals surface area (Å²) in [5, 5.41) is 2.51. The van der Waals surface area contributed by atoms with Crippen molar-refractivity contribution < 1.29 is 26.7 Å². The van der Waals surface area contributed by atoms with Gasteiger partial charge in [0.15, 0.2) is 23.3 Å². The first kappa shape index (κ1) is 20.5. The Morgan fingerprint density at radius 3 is 2.16 bits per heavy atom. The number of pyridine rings is 1. The zero-order chi connectivity index (χ0) is 22.3. The molecule has 0 fully saturated rings. The summed E-state index contributed by atoms with van der Waals surface area (Å²) in [6.07, 6.45) is 0.641. The van der Waals surface area contributed by atoms with Gasteiger partial charge in [0.25, 0.3) is 0 Å². The molecule has 0 atom stereocenters. The summed E-state index contributed by atoms with van der Waals surface area (Å²) in [6, 6.07) is 12.4. The number of hydrogen-bond acceptors (Lipinski definition) is 2. The molecule has 31 heavy (non-hydrogen) atoms. The van der Waals surface area contributed by atoms with E-state index in [9.17, 15) is 26.7 Å². The third-order valence-electron chi connectivity index (χ3n) is 4.71. The quantitative estimate of drug-likeness (QED) is 0.275. The van der Waals surface area contributed by atoms with Crippen molar-refractivity contribution in [3.63, 3.8) is 0 Å². The summed E-state index contributed by atoms with van der Waals surface area (Å²) >= 11 is 0. The van der Waals surface area contributed by atoms with Gasteiger partial charge in [-0.2, -0.15) is 0 Å². The maximum Gasteiger partial charge on any atom is 0.230 e. The molecule has 1 amide bonds. The molecular weight excluding hydrogens is 417 g/mol. The highest BCUT2D eigenvalue weighted by Crippen LogP contribution is 2.30. The first-order valence-electron chi connectivity index (χ1n) is 9.12. The molecule has 4 rings (SSSR count). The lowest BCUT2D eigenvalue weighted by Crippen LogP contribution is -2.19. The van der Waals surface area contributed by atoms with Crippen LogP contribution in [0.4, 0.5) is 27.8 Å². The fraction of sp³-hybridized carbons (Fsp3) is 0.0909. The van der Waals surface area contributed by atoms with Gasteiger partial charge in [0, 0.05) is 17.3 Å². The van der Waals surface area contributed by atoms with Gasteiger partial charge in [-0.05, 0) is 18.6 Å². The van der Waals surface area contributed by atoms with E-state index < -0.39 is 47.0 Å². The third kappa shape index (κ3) is 3.63. The second-order valence-corrected chi connectivity index (χ2v) is 6.88. The minimum atomic E-state index is -2.28. The molecule has 0 unspecified atom stereocenters. The number of nitrogens with one attached hydrogen (secondary N) is 1. The summed E-state index contributed by atoms with van der Waals surface area (Å²) in [5.41, 5.74) is 1.18. The summed E-state index contributed by atoms with van der Waals surface area (Å²) < 4.78 is 69.7. The van der Waals surface area contributed by atoms with Gasteiger partial charge in [-0.25, -0.2) is 26.9 Å². The van der Waals surface area contributed by atoms with Crippen molar-refractivity contribution in [2.45, 2.75) is 13.3 Å². The number of carbonyl (C=O) groups is 1. The van der Waals surface area contributed by atoms with Crippen molar-refractivity contribution in [1.82, 2.24) is 9.38 Å². The molecule has 0 aliphatic rings. The number of benzene rings is 2. The molecule has 1 N–H and O–H groups in total. The number of halogens is 5. The molecule has 0 radical (unpaired) electrons. The van der Waals surface area contributed by atoms with Gasteiger partial charge in [0.05, 0.1) is 6.42 Å². The standard InChI is InChI=1S/C22H14F5N3O/c1-11-7-8-14-28-21(12-5-3-2-4-6-12)22(30(14)10-11)29-15(31)9-13-16(23)18(25)20(27)19(26)17(13)24/h2-8,10H,9H2,1H3,(H,29,31). The second-order valence-electron chi connectivity index (χ2n) is 6.88. The smallest absolute Gasteiger partial charge is 0.230 e. The molecule has 0 bridgehead atoms. The normalized spacial score (nSPS) is 11.2. The number of imidazole rings is 1. The molecule has 4 aromatic rings. The number of rotatable bonds is 4. The summed E-state index contributed by atoms with van der Waals surface area (Å²) in [6.45, 7) is 1.82. The molecule has 2 heterocycles. The van der Waals surface area contributed by atoms with Crippen molar-refractivity contribution in [3.8, 4) is 11.3 Å². The van der Waals surface area contributed by atoms with E-state index in [4.69, 9.17) is 0 Å². The topological polar surface area (TPSA) is 46.4 Å². The molecule has 0 aliphatic carbocycles. The van der Waals surface area contributed by atoms with E-state index in [0.29, 0.717) is 16.9 Å². The Kier molecular flexibility index (Phi) is 5.18. The van der Waals surface area contributed by atoms with E-state index >= 15 is 0 Å². The predicted molar refractivity (Wildman–Crippen MR) is 104 cm³/mol. The minimum Gasteiger partial charge on any atom is -0.310 e. The minimum absolute atomic E-state index is 0.207. The maximum absolute atomic E-state index is 14.0. The average Bonchev–Trinajstić information content (AvgIpc) is 3.12. The monoisotopic (exact) mass is 431 g/mol. The number of aryl methyl sites for hydroxylation is 1. The van der Waals surface area contributed by atoms with Crippen LogP contribution in [0.25, 0.3) is 16.9 Å². The van der Waals surface area contributed by atoms with Crippen LogP contribution in [0, 0.1) is 36.0 Å². The zero-order valence-electron chi connectivity index (χ0n) is 16.0. The Hall–Kier alpha value is -3.75. The number of aromatic nitrogens is 2. The number of fused-ring (bicyclic) bond motifs is 1. The van der Waals surface area contributed by atoms with Gasteiger partial charge in [-0.3, -0.25) is 9.20 Å². The van der Waals surface area contributed by atoms with Crippen LogP contribution in [0.1, 0.15) is 11.1 Å². The van der Waals surface area contributed by atoms with Crippen LogP contribution in [0.5, 0.6) is 0 Å². The molecule has 0 saturated carbocycles. The molecule has 0 aliphatic heterocycles. The van der Waals surface area contributed by atoms with Crippen LogP contribution < -0.4 is 5.32 Å². The van der Waals surface area contributed by atoms with E-state index in [0.717, 1.165) is 5.56 Å². The van der Waals surface area contributed by atoms with Crippen molar-refractivity contribution in [2.24, 2.45) is 0 Å². The molecule has 9 heteroatoms. The lowest BCUT2D eigenvalue weighted by atomic mass is 10.1. The summed E-state index contributed by atoms with van der Waals surface area (Å²) in [4.78, 5) is 17.1. The summed E-state index contributed by atoms with van der Waals surface area (Å²) in [7, 11) is 0. The van der Waals surface area contributed by atoms with Crippen LogP contribution in [-0.2, 0) is 11.2 Å². The highest BCUT2D eigenvalue weighted by atomic mass is 19.2. The molecule has 0 spiro atoms. The van der Waals surface area contributed by atoms with Gasteiger partial charge in [-0.1, -0.05) is 36.4 Å². The van der Waals surface area contributed by atoms with E-state index in [2.05, 4.69) is 10.3 Å². The maximum atomic E-state index is 14.0. The van der Waals surface area contributed by atoms with Crippen LogP contribution in [0.3, 0.4) is 0 Å². The van der Waals surface area contributed by atoms with Gasteiger partial charge < -0.3 is 5.32 Å². The highest BCUT2D eigenvalue weighted by Gasteiger charge is 2.27. The van der Waals surface area contributed by atoms with E-state index in [1.807, 2.05) is 13.0 Å². The second kappa shape index (κ2) is 7.82. The van der Waals surface area contributed by atoms with Crippen LogP contribution >= 0.6 is 0 Å². The molecule has 0 saturated heterocycles. The molecular formula is C22H14F5N3O. The van der Waals surface area contributed by atoms with E-state index in [1.165, 1.54) is 0 Å². The summed E-state index contributed by atoms with van der Waals surface area (Å²) in [5.74, 6) is -11.3. The number of hydrogen-bond donors (Lipinski definition) is 1. The fourth-order valence-electron chi connectivity index (χ4n) is 3.21. The van der Waals surface area contributed by atoms with Crippen molar-refractivity contribution in [1.29, 1.82) is 0 Å². The Balaban J connectivity index is 1.76. The van der Waals surface area contributed by atoms with Crippen LogP contribution in [0.2, 0.25) is 0 Å². The van der Waals surface area contributed by atoms with Gasteiger partial charge in [0.2, 0.25) is 11.7 Å². The van der Waals surface area contributed by atoms with Gasteiger partial charge >= 0.3 is 0 Å². The van der Waals surface area contributed by atoms with Gasteiger partial charge in [0.1, 0.15) is 17.2 Å². The van der Waals surface area contributed by atoms with Crippen molar-refractivity contribution in [3.05, 3.63) is 88.9 Å². The van der Waals surface area contributed by atoms with Gasteiger partial charge in [-0.15, -0.1) is 0 Å². The van der Waals surface area contributed by atoms with E-state index in [1.54, 1.807) is 47.0 Å². The number of carbonyl (C=O) groups excluding carboxylic acids is 1. The largest absolute Gasteiger partial charge is 0.310 e. The Morgan fingerprint density at radius 1 is 0.903 bits per heavy atom.